The summed E-state index contributed by atoms with van der Waals surface area (Å²) in [5.74, 6) is -0.555. The van der Waals surface area contributed by atoms with Crippen LogP contribution in [-0.4, -0.2) is 40.8 Å². The van der Waals surface area contributed by atoms with Crippen LogP contribution >= 0.6 is 11.6 Å². The number of rotatable bonds is 7. The maximum Gasteiger partial charge on any atom is 0.340 e. The first kappa shape index (κ1) is 17.5. The Morgan fingerprint density at radius 3 is 2.62 bits per heavy atom. The number of methoxy groups -OCH3 is 1. The Labute approximate surface area is 128 Å². The maximum absolute atomic E-state index is 11.7. The van der Waals surface area contributed by atoms with Gasteiger partial charge in [0.25, 0.3) is 0 Å². The number of nitrogens with one attached hydrogen (secondary N) is 2. The van der Waals surface area contributed by atoms with Crippen LogP contribution < -0.4 is 15.8 Å². The highest BCUT2D eigenvalue weighted by molar-refractivity contribution is 7.88. The standard InChI is InChI=1S/C12H18ClN3O4S/c1-20-12(17)9-6-8(14)7-10(13)11(9)15-4-3-5-16-21(2,18)19/h6-7,15-16H,3-5,14H2,1-2H3. The van der Waals surface area contributed by atoms with Crippen LogP contribution in [-0.2, 0) is 14.8 Å². The summed E-state index contributed by atoms with van der Waals surface area (Å²) in [5, 5.41) is 3.28. The Morgan fingerprint density at radius 1 is 1.38 bits per heavy atom. The van der Waals surface area contributed by atoms with Gasteiger partial charge in [0.1, 0.15) is 0 Å². The summed E-state index contributed by atoms with van der Waals surface area (Å²) in [6, 6.07) is 2.99. The Hall–Kier alpha value is -1.51. The van der Waals surface area contributed by atoms with Gasteiger partial charge in [-0.3, -0.25) is 0 Å². The minimum absolute atomic E-state index is 0.235. The molecule has 1 aromatic carbocycles. The molecule has 0 atom stereocenters. The van der Waals surface area contributed by atoms with Crippen LogP contribution in [0.2, 0.25) is 5.02 Å². The third-order valence-corrected chi connectivity index (χ3v) is 3.56. The number of carbonyl (C=O) groups is 1. The fraction of sp³-hybridized carbons (Fsp3) is 0.417. The van der Waals surface area contributed by atoms with Crippen molar-refractivity contribution in [2.75, 3.05) is 37.5 Å². The molecule has 21 heavy (non-hydrogen) atoms. The van der Waals surface area contributed by atoms with E-state index < -0.39 is 16.0 Å². The molecule has 0 unspecified atom stereocenters. The predicted molar refractivity (Wildman–Crippen MR) is 83.2 cm³/mol. The van der Waals surface area contributed by atoms with E-state index >= 15 is 0 Å². The van der Waals surface area contributed by atoms with E-state index in [-0.39, 0.29) is 12.1 Å². The molecule has 0 heterocycles. The summed E-state index contributed by atoms with van der Waals surface area (Å²) < 4.78 is 28.9. The molecule has 0 saturated carbocycles. The van der Waals surface area contributed by atoms with Gasteiger partial charge >= 0.3 is 5.97 Å². The Balaban J connectivity index is 2.72. The van der Waals surface area contributed by atoms with Gasteiger partial charge in [-0.15, -0.1) is 0 Å². The molecule has 1 aromatic rings. The smallest absolute Gasteiger partial charge is 0.340 e. The van der Waals surface area contributed by atoms with Crippen molar-refractivity contribution in [3.8, 4) is 0 Å². The Morgan fingerprint density at radius 2 is 2.05 bits per heavy atom. The van der Waals surface area contributed by atoms with E-state index in [9.17, 15) is 13.2 Å². The quantitative estimate of drug-likeness (QED) is 0.390. The number of ether oxygens (including phenoxy) is 1. The van der Waals surface area contributed by atoms with E-state index in [1.165, 1.54) is 19.2 Å². The van der Waals surface area contributed by atoms with Crippen LogP contribution in [0.15, 0.2) is 12.1 Å². The highest BCUT2D eigenvalue weighted by Gasteiger charge is 2.15. The first-order valence-corrected chi connectivity index (χ1v) is 8.37. The lowest BCUT2D eigenvalue weighted by Crippen LogP contribution is -2.24. The zero-order valence-electron chi connectivity index (χ0n) is 11.8. The number of benzene rings is 1. The van der Waals surface area contributed by atoms with Crippen LogP contribution in [0.5, 0.6) is 0 Å². The second kappa shape index (κ2) is 7.48. The average molecular weight is 336 g/mol. The second-order valence-corrected chi connectivity index (χ2v) is 6.60. The molecule has 0 aliphatic carbocycles. The van der Waals surface area contributed by atoms with Gasteiger partial charge in [0.15, 0.2) is 0 Å². The van der Waals surface area contributed by atoms with Crippen molar-refractivity contribution < 1.29 is 17.9 Å². The number of esters is 1. The molecular weight excluding hydrogens is 318 g/mol. The average Bonchev–Trinajstić information content (AvgIpc) is 2.37. The van der Waals surface area contributed by atoms with Crippen molar-refractivity contribution in [1.29, 1.82) is 0 Å². The molecule has 7 nitrogen and oxygen atoms in total. The monoisotopic (exact) mass is 335 g/mol. The van der Waals surface area contributed by atoms with Gasteiger partial charge in [-0.25, -0.2) is 17.9 Å². The molecule has 0 radical (unpaired) electrons. The fourth-order valence-corrected chi connectivity index (χ4v) is 2.45. The van der Waals surface area contributed by atoms with Gasteiger partial charge in [0.05, 0.1) is 29.6 Å². The van der Waals surface area contributed by atoms with Crippen molar-refractivity contribution in [3.05, 3.63) is 22.7 Å². The molecule has 1 rings (SSSR count). The first-order valence-electron chi connectivity index (χ1n) is 6.10. The van der Waals surface area contributed by atoms with Gasteiger partial charge in [0, 0.05) is 18.8 Å². The van der Waals surface area contributed by atoms with Crippen molar-refractivity contribution in [2.45, 2.75) is 6.42 Å². The lowest BCUT2D eigenvalue weighted by atomic mass is 10.1. The summed E-state index contributed by atoms with van der Waals surface area (Å²) >= 11 is 6.06. The second-order valence-electron chi connectivity index (χ2n) is 4.36. The SMILES string of the molecule is COC(=O)c1cc(N)cc(Cl)c1NCCCNS(C)(=O)=O. The molecule has 0 bridgehead atoms. The van der Waals surface area contributed by atoms with Crippen LogP contribution in [0.3, 0.4) is 0 Å². The van der Waals surface area contributed by atoms with E-state index in [0.717, 1.165) is 6.26 Å². The van der Waals surface area contributed by atoms with Gasteiger partial charge < -0.3 is 15.8 Å². The number of hydrogen-bond donors (Lipinski definition) is 3. The van der Waals surface area contributed by atoms with E-state index in [1.807, 2.05) is 0 Å². The van der Waals surface area contributed by atoms with Crippen molar-refractivity contribution in [1.82, 2.24) is 4.72 Å². The highest BCUT2D eigenvalue weighted by Crippen LogP contribution is 2.29. The lowest BCUT2D eigenvalue weighted by Gasteiger charge is -2.13. The summed E-state index contributed by atoms with van der Waals surface area (Å²) in [6.45, 7) is 0.710. The van der Waals surface area contributed by atoms with Gasteiger partial charge in [-0.05, 0) is 18.6 Å². The minimum atomic E-state index is -3.20. The third kappa shape index (κ3) is 5.78. The molecule has 0 aromatic heterocycles. The van der Waals surface area contributed by atoms with Crippen molar-refractivity contribution in [2.24, 2.45) is 0 Å². The van der Waals surface area contributed by atoms with E-state index in [0.29, 0.717) is 29.4 Å². The highest BCUT2D eigenvalue weighted by atomic mass is 35.5. The molecular formula is C12H18ClN3O4S. The fourth-order valence-electron chi connectivity index (χ4n) is 1.64. The summed E-state index contributed by atoms with van der Waals surface area (Å²) in [7, 11) is -1.94. The Bertz CT molecular complexity index is 619. The summed E-state index contributed by atoms with van der Waals surface area (Å²) in [6.07, 6.45) is 1.61. The van der Waals surface area contributed by atoms with Crippen molar-refractivity contribution >= 4 is 39.0 Å². The van der Waals surface area contributed by atoms with Crippen LogP contribution in [0.25, 0.3) is 0 Å². The molecule has 4 N–H and O–H groups in total. The molecule has 0 aliphatic rings. The van der Waals surface area contributed by atoms with E-state index in [4.69, 9.17) is 17.3 Å². The topological polar surface area (TPSA) is 111 Å². The zero-order chi connectivity index (χ0) is 16.0. The van der Waals surface area contributed by atoms with Crippen LogP contribution in [0.1, 0.15) is 16.8 Å². The number of nitrogens with two attached hydrogens (primary N) is 1. The van der Waals surface area contributed by atoms with Crippen molar-refractivity contribution in [3.63, 3.8) is 0 Å². The molecule has 118 valence electrons. The summed E-state index contributed by atoms with van der Waals surface area (Å²) in [5.41, 5.74) is 6.65. The van der Waals surface area contributed by atoms with E-state index in [2.05, 4.69) is 14.8 Å². The van der Waals surface area contributed by atoms with Crippen LogP contribution in [0.4, 0.5) is 11.4 Å². The Kier molecular flexibility index (Phi) is 6.25. The van der Waals surface area contributed by atoms with Gasteiger partial charge in [-0.2, -0.15) is 0 Å². The minimum Gasteiger partial charge on any atom is -0.465 e. The number of hydrogen-bond acceptors (Lipinski definition) is 6. The molecule has 0 amide bonds. The number of nitrogen functional groups attached to an aromatic ring is 1. The number of anilines is 2. The molecule has 0 spiro atoms. The molecule has 0 saturated heterocycles. The largest absolute Gasteiger partial charge is 0.465 e. The lowest BCUT2D eigenvalue weighted by molar-refractivity contribution is 0.0602. The number of sulfonamides is 1. The first-order chi connectivity index (χ1) is 9.74. The normalized spacial score (nSPS) is 11.2. The zero-order valence-corrected chi connectivity index (χ0v) is 13.3. The molecule has 0 aliphatic heterocycles. The van der Waals surface area contributed by atoms with Gasteiger partial charge in [-0.1, -0.05) is 11.6 Å². The number of carbonyl (C=O) groups excluding carboxylic acids is 1. The van der Waals surface area contributed by atoms with E-state index in [1.54, 1.807) is 0 Å². The maximum atomic E-state index is 11.7. The summed E-state index contributed by atoms with van der Waals surface area (Å²) in [4.78, 5) is 11.7. The molecule has 9 heteroatoms. The third-order valence-electron chi connectivity index (χ3n) is 2.54. The molecule has 0 fully saturated rings. The number of halogens is 1. The van der Waals surface area contributed by atoms with Crippen LogP contribution in [0, 0.1) is 0 Å². The van der Waals surface area contributed by atoms with Gasteiger partial charge in [0.2, 0.25) is 10.0 Å². The predicted octanol–water partition coefficient (Wildman–Crippen LogP) is 1.06.